The van der Waals surface area contributed by atoms with E-state index in [-0.39, 0.29) is 0 Å². The summed E-state index contributed by atoms with van der Waals surface area (Å²) < 4.78 is -2.02. The van der Waals surface area contributed by atoms with Crippen LogP contribution in [0.1, 0.15) is 96.3 Å². The van der Waals surface area contributed by atoms with Crippen LogP contribution in [-0.4, -0.2) is 17.0 Å². The maximum atomic E-state index is 3.26. The summed E-state index contributed by atoms with van der Waals surface area (Å²) in [5.41, 5.74) is 3.05. The average molecular weight is 484 g/mol. The minimum atomic E-state index is -2.02. The van der Waals surface area contributed by atoms with Crippen molar-refractivity contribution in [3.63, 3.8) is 0 Å². The van der Waals surface area contributed by atoms with Crippen LogP contribution in [0.5, 0.6) is 0 Å². The zero-order chi connectivity index (χ0) is 17.9. The number of hydrogen-bond donors (Lipinski definition) is 0. The molecule has 3 aliphatic carbocycles. The molecule has 1 aromatic carbocycles. The van der Waals surface area contributed by atoms with Crippen molar-refractivity contribution >= 4 is 31.6 Å². The Morgan fingerprint density at radius 2 is 0.885 bits per heavy atom. The van der Waals surface area contributed by atoms with Crippen molar-refractivity contribution in [1.82, 2.24) is 0 Å². The van der Waals surface area contributed by atoms with Crippen molar-refractivity contribution < 1.29 is 0 Å². The van der Waals surface area contributed by atoms with E-state index in [0.29, 0.717) is 0 Å². The molecule has 0 N–H and O–H groups in total. The van der Waals surface area contributed by atoms with Crippen LogP contribution in [0.2, 0.25) is 0 Å². The summed E-state index contributed by atoms with van der Waals surface area (Å²) in [6.07, 6.45) is 22.6. The first-order valence-corrected chi connectivity index (χ1v) is 16.8. The number of hydrogen-bond acceptors (Lipinski definition) is 0. The average Bonchev–Trinajstić information content (AvgIpc) is 2.76. The Hall–Kier alpha value is 0.380. The van der Waals surface area contributed by atoms with Crippen LogP contribution in [0.3, 0.4) is 0 Å². The van der Waals surface area contributed by atoms with E-state index in [9.17, 15) is 0 Å². The molecule has 146 valence electrons. The molecule has 3 fully saturated rings. The molecule has 0 aromatic heterocycles. The van der Waals surface area contributed by atoms with Crippen LogP contribution in [0, 0.1) is 0 Å². The normalized spacial score (nSPS) is 26.3. The molecular weight excluding hydrogens is 446 g/mol. The molecule has 1 aromatic rings. The van der Waals surface area contributed by atoms with Gasteiger partial charge in [0.25, 0.3) is 0 Å². The van der Waals surface area contributed by atoms with Gasteiger partial charge in [0.15, 0.2) is 0 Å². The third kappa shape index (κ3) is 3.22. The van der Waals surface area contributed by atoms with E-state index in [1.807, 2.05) is 5.30 Å². The van der Waals surface area contributed by atoms with Crippen LogP contribution < -0.4 is 5.30 Å². The van der Waals surface area contributed by atoms with E-state index in [2.05, 4.69) is 52.4 Å². The second-order valence-electron chi connectivity index (χ2n) is 9.42. The van der Waals surface area contributed by atoms with E-state index in [1.54, 1.807) is 0 Å². The van der Waals surface area contributed by atoms with Crippen molar-refractivity contribution in [3.05, 3.63) is 30.3 Å². The van der Waals surface area contributed by atoms with Gasteiger partial charge in [-0.25, -0.2) is 0 Å². The molecule has 0 heterocycles. The zero-order valence-corrected chi connectivity index (χ0v) is 19.6. The van der Waals surface area contributed by atoms with Gasteiger partial charge in [0.2, 0.25) is 0 Å². The van der Waals surface area contributed by atoms with E-state index in [0.717, 1.165) is 17.0 Å². The fraction of sp³-hybridized carbons (Fsp3) is 0.750. The molecule has 26 heavy (non-hydrogen) atoms. The van der Waals surface area contributed by atoms with Gasteiger partial charge in [-0.15, -0.1) is 0 Å². The monoisotopic (exact) mass is 484 g/mol. The Labute approximate surface area is 174 Å². The van der Waals surface area contributed by atoms with Crippen molar-refractivity contribution in [2.75, 3.05) is 0 Å². The SMILES string of the molecule is IP(c1ccccc1)(C1CCCCC1)(C1CCCCC1)C1CCCCC1. The van der Waals surface area contributed by atoms with Crippen molar-refractivity contribution in [3.8, 4) is 0 Å². The summed E-state index contributed by atoms with van der Waals surface area (Å²) in [5.74, 6) is 0. The van der Waals surface area contributed by atoms with Crippen LogP contribution in [-0.2, 0) is 0 Å². The van der Waals surface area contributed by atoms with E-state index < -0.39 is 4.25 Å². The summed E-state index contributed by atoms with van der Waals surface area (Å²) in [7, 11) is 0. The van der Waals surface area contributed by atoms with Gasteiger partial charge in [0.1, 0.15) is 0 Å². The first kappa shape index (κ1) is 19.7. The van der Waals surface area contributed by atoms with Crippen molar-refractivity contribution in [2.24, 2.45) is 0 Å². The van der Waals surface area contributed by atoms with Crippen LogP contribution in [0.4, 0.5) is 0 Å². The van der Waals surface area contributed by atoms with Gasteiger partial charge >= 0.3 is 175 Å². The predicted octanol–water partition coefficient (Wildman–Crippen LogP) is 8.21. The molecule has 0 aliphatic heterocycles. The molecule has 0 unspecified atom stereocenters. The van der Waals surface area contributed by atoms with Crippen LogP contribution in [0.15, 0.2) is 30.3 Å². The molecule has 4 rings (SSSR count). The minimum absolute atomic E-state index is 1.02. The molecule has 0 nitrogen and oxygen atoms in total. The Kier molecular flexibility index (Phi) is 6.36. The van der Waals surface area contributed by atoms with Gasteiger partial charge in [0, 0.05) is 0 Å². The van der Waals surface area contributed by atoms with Crippen molar-refractivity contribution in [1.29, 1.82) is 0 Å². The maximum absolute atomic E-state index is 3.26. The van der Waals surface area contributed by atoms with E-state index in [1.165, 1.54) is 96.3 Å². The Balaban J connectivity index is 1.88. The summed E-state index contributed by atoms with van der Waals surface area (Å²) in [6, 6.07) is 12.2. The Morgan fingerprint density at radius 3 is 1.23 bits per heavy atom. The summed E-state index contributed by atoms with van der Waals surface area (Å²) in [5, 5.41) is 1.84. The first-order valence-electron chi connectivity index (χ1n) is 11.5. The predicted molar refractivity (Wildman–Crippen MR) is 128 cm³/mol. The quantitative estimate of drug-likeness (QED) is 0.298. The molecule has 3 saturated carbocycles. The van der Waals surface area contributed by atoms with E-state index in [4.69, 9.17) is 0 Å². The fourth-order valence-corrected chi connectivity index (χ4v) is 21.2. The van der Waals surface area contributed by atoms with Gasteiger partial charge in [-0.05, 0) is 0 Å². The number of halogens is 1. The van der Waals surface area contributed by atoms with E-state index >= 15 is 0 Å². The Bertz CT molecular complexity index is 517. The van der Waals surface area contributed by atoms with Gasteiger partial charge in [0.05, 0.1) is 0 Å². The molecule has 0 amide bonds. The summed E-state index contributed by atoms with van der Waals surface area (Å²) in [4.78, 5) is 0. The number of rotatable bonds is 4. The summed E-state index contributed by atoms with van der Waals surface area (Å²) in [6.45, 7) is 0. The molecular formula is C24H38IP. The molecule has 3 aliphatic rings. The third-order valence-corrected chi connectivity index (χ3v) is 24.4. The fourth-order valence-electron chi connectivity index (χ4n) is 7.09. The topological polar surface area (TPSA) is 0 Å². The first-order chi connectivity index (χ1) is 12.7. The van der Waals surface area contributed by atoms with Gasteiger partial charge in [-0.2, -0.15) is 0 Å². The van der Waals surface area contributed by atoms with Gasteiger partial charge in [-0.3, -0.25) is 0 Å². The molecule has 2 heteroatoms. The number of benzene rings is 1. The van der Waals surface area contributed by atoms with Gasteiger partial charge in [-0.1, -0.05) is 0 Å². The molecule has 0 atom stereocenters. The standard InChI is InChI=1S/C24H38IP/c25-26(21-13-5-1-6-14-21,22-15-7-2-8-16-22,23-17-9-3-10-18-23)24-19-11-4-12-20-24/h1,5-6,13-14,22-24H,2-4,7-12,15-20H2. The Morgan fingerprint density at radius 1 is 0.538 bits per heavy atom. The molecule has 0 bridgehead atoms. The molecule has 0 saturated heterocycles. The van der Waals surface area contributed by atoms with Crippen LogP contribution in [0.25, 0.3) is 0 Å². The second-order valence-corrected chi connectivity index (χ2v) is 21.0. The summed E-state index contributed by atoms with van der Waals surface area (Å²) >= 11 is 3.26. The second kappa shape index (κ2) is 8.40. The zero-order valence-electron chi connectivity index (χ0n) is 16.6. The van der Waals surface area contributed by atoms with Crippen molar-refractivity contribution in [2.45, 2.75) is 113 Å². The van der Waals surface area contributed by atoms with Gasteiger partial charge < -0.3 is 0 Å². The molecule has 0 radical (unpaired) electrons. The third-order valence-electron chi connectivity index (χ3n) is 8.25. The van der Waals surface area contributed by atoms with Crippen LogP contribution >= 0.6 is 26.3 Å². The molecule has 0 spiro atoms.